The Morgan fingerprint density at radius 2 is 2.17 bits per heavy atom. The van der Waals surface area contributed by atoms with Crippen LogP contribution in [0, 0.1) is 0 Å². The number of aromatic nitrogens is 4. The van der Waals surface area contributed by atoms with Crippen molar-refractivity contribution in [3.05, 3.63) is 46.2 Å². The number of hydrogen-bond acceptors (Lipinski definition) is 5. The van der Waals surface area contributed by atoms with Gasteiger partial charge in [-0.1, -0.05) is 42.1 Å². The molecule has 0 atom stereocenters. The summed E-state index contributed by atoms with van der Waals surface area (Å²) in [5.41, 5.74) is 0.716. The third-order valence-electron chi connectivity index (χ3n) is 3.57. The standard InChI is InChI=1S/C16H17ClN4O2S/c1-11(17)10-24-16-19-18-15-20(8-5-9-23-2)14(22)12-6-3-4-7-13(12)21(15)16/h3-4,6-7H,1,5,8-10H2,2H3. The predicted octanol–water partition coefficient (Wildman–Crippen LogP) is 2.93. The monoisotopic (exact) mass is 364 g/mol. The summed E-state index contributed by atoms with van der Waals surface area (Å²) in [7, 11) is 1.64. The van der Waals surface area contributed by atoms with E-state index in [9.17, 15) is 4.79 Å². The second-order valence-electron chi connectivity index (χ2n) is 5.24. The Balaban J connectivity index is 2.20. The van der Waals surface area contributed by atoms with Gasteiger partial charge in [0.1, 0.15) is 0 Å². The van der Waals surface area contributed by atoms with Gasteiger partial charge in [0, 0.05) is 31.0 Å². The van der Waals surface area contributed by atoms with Crippen molar-refractivity contribution in [3.8, 4) is 0 Å². The van der Waals surface area contributed by atoms with E-state index in [1.54, 1.807) is 11.7 Å². The number of fused-ring (bicyclic) bond motifs is 3. The maximum atomic E-state index is 12.8. The summed E-state index contributed by atoms with van der Waals surface area (Å²) in [6.45, 7) is 4.79. The Bertz CT molecular complexity index is 950. The number of para-hydroxylation sites is 1. The lowest BCUT2D eigenvalue weighted by molar-refractivity contribution is 0.190. The number of aryl methyl sites for hydroxylation is 1. The molecule has 1 aromatic carbocycles. The molecule has 0 radical (unpaired) electrons. The molecule has 0 unspecified atom stereocenters. The number of thioether (sulfide) groups is 1. The third-order valence-corrected chi connectivity index (χ3v) is 4.87. The Morgan fingerprint density at radius 1 is 1.38 bits per heavy atom. The molecular weight excluding hydrogens is 348 g/mol. The molecule has 0 bridgehead atoms. The summed E-state index contributed by atoms with van der Waals surface area (Å²) in [6, 6.07) is 7.46. The fraction of sp³-hybridized carbons (Fsp3) is 0.312. The molecule has 3 aromatic rings. The van der Waals surface area contributed by atoms with Crippen molar-refractivity contribution in [2.75, 3.05) is 19.5 Å². The van der Waals surface area contributed by atoms with E-state index in [1.165, 1.54) is 11.8 Å². The highest BCUT2D eigenvalue weighted by Crippen LogP contribution is 2.23. The van der Waals surface area contributed by atoms with Crippen LogP contribution in [0.5, 0.6) is 0 Å². The van der Waals surface area contributed by atoms with Gasteiger partial charge in [0.25, 0.3) is 5.56 Å². The summed E-state index contributed by atoms with van der Waals surface area (Å²) in [6.07, 6.45) is 0.720. The molecule has 0 aliphatic carbocycles. The third kappa shape index (κ3) is 3.19. The summed E-state index contributed by atoms with van der Waals surface area (Å²) in [5.74, 6) is 1.05. The van der Waals surface area contributed by atoms with Crippen LogP contribution in [0.4, 0.5) is 0 Å². The molecule has 2 heterocycles. The van der Waals surface area contributed by atoms with Crippen LogP contribution in [0.3, 0.4) is 0 Å². The molecule has 0 amide bonds. The lowest BCUT2D eigenvalue weighted by atomic mass is 10.2. The Morgan fingerprint density at radius 3 is 2.92 bits per heavy atom. The predicted molar refractivity (Wildman–Crippen MR) is 97.0 cm³/mol. The first-order chi connectivity index (χ1) is 11.6. The van der Waals surface area contributed by atoms with Crippen molar-refractivity contribution in [3.63, 3.8) is 0 Å². The van der Waals surface area contributed by atoms with Crippen molar-refractivity contribution >= 4 is 40.0 Å². The zero-order valence-electron chi connectivity index (χ0n) is 13.2. The Hall–Kier alpha value is -1.83. The van der Waals surface area contributed by atoms with Gasteiger partial charge in [-0.15, -0.1) is 10.2 Å². The number of methoxy groups -OCH3 is 1. The summed E-state index contributed by atoms with van der Waals surface area (Å²) >= 11 is 7.30. The first kappa shape index (κ1) is 17.0. The quantitative estimate of drug-likeness (QED) is 0.476. The molecule has 126 valence electrons. The molecule has 0 N–H and O–H groups in total. The molecule has 0 spiro atoms. The maximum absolute atomic E-state index is 12.8. The fourth-order valence-corrected chi connectivity index (χ4v) is 3.40. The smallest absolute Gasteiger partial charge is 0.262 e. The van der Waals surface area contributed by atoms with E-state index in [4.69, 9.17) is 16.3 Å². The molecule has 8 heteroatoms. The van der Waals surface area contributed by atoms with Gasteiger partial charge in [-0.25, -0.2) is 0 Å². The lowest BCUT2D eigenvalue weighted by Gasteiger charge is -2.11. The second-order valence-corrected chi connectivity index (χ2v) is 6.72. The van der Waals surface area contributed by atoms with Crippen LogP contribution in [0.1, 0.15) is 6.42 Å². The largest absolute Gasteiger partial charge is 0.385 e. The maximum Gasteiger partial charge on any atom is 0.262 e. The van der Waals surface area contributed by atoms with Gasteiger partial charge >= 0.3 is 0 Å². The van der Waals surface area contributed by atoms with E-state index in [2.05, 4.69) is 16.8 Å². The molecular formula is C16H17ClN4O2S. The molecule has 3 rings (SSSR count). The van der Waals surface area contributed by atoms with E-state index in [1.807, 2.05) is 28.7 Å². The van der Waals surface area contributed by atoms with Gasteiger partial charge in [-0.05, 0) is 18.6 Å². The van der Waals surface area contributed by atoms with Gasteiger partial charge in [0.15, 0.2) is 5.16 Å². The lowest BCUT2D eigenvalue weighted by Crippen LogP contribution is -2.24. The number of nitrogens with zero attached hydrogens (tertiary/aromatic N) is 4. The van der Waals surface area contributed by atoms with Crippen LogP contribution in [0.15, 0.2) is 45.8 Å². The van der Waals surface area contributed by atoms with Crippen LogP contribution < -0.4 is 5.56 Å². The van der Waals surface area contributed by atoms with Crippen LogP contribution in [-0.2, 0) is 11.3 Å². The minimum absolute atomic E-state index is 0.0695. The summed E-state index contributed by atoms with van der Waals surface area (Å²) < 4.78 is 8.63. The zero-order valence-corrected chi connectivity index (χ0v) is 14.8. The highest BCUT2D eigenvalue weighted by Gasteiger charge is 2.16. The average Bonchev–Trinajstić information content (AvgIpc) is 3.00. The molecule has 24 heavy (non-hydrogen) atoms. The number of hydrogen-bond donors (Lipinski definition) is 0. The van der Waals surface area contributed by atoms with Gasteiger partial charge in [-0.2, -0.15) is 0 Å². The molecule has 2 aromatic heterocycles. The van der Waals surface area contributed by atoms with E-state index < -0.39 is 0 Å². The zero-order chi connectivity index (χ0) is 17.1. The molecule has 0 aliphatic heterocycles. The van der Waals surface area contributed by atoms with E-state index in [0.717, 1.165) is 11.9 Å². The van der Waals surface area contributed by atoms with Crippen LogP contribution >= 0.6 is 23.4 Å². The Kier molecular flexibility index (Phi) is 5.23. The highest BCUT2D eigenvalue weighted by molar-refractivity contribution is 7.99. The average molecular weight is 365 g/mol. The first-order valence-corrected chi connectivity index (χ1v) is 8.81. The molecule has 6 nitrogen and oxygen atoms in total. The van der Waals surface area contributed by atoms with Gasteiger partial charge in [0.05, 0.1) is 10.9 Å². The minimum atomic E-state index is -0.0695. The Labute approximate surface area is 148 Å². The molecule has 0 saturated carbocycles. The van der Waals surface area contributed by atoms with Crippen molar-refractivity contribution in [2.24, 2.45) is 0 Å². The summed E-state index contributed by atoms with van der Waals surface area (Å²) in [4.78, 5) is 12.8. The van der Waals surface area contributed by atoms with Crippen molar-refractivity contribution in [2.45, 2.75) is 18.1 Å². The normalized spacial score (nSPS) is 11.4. The number of rotatable bonds is 7. The van der Waals surface area contributed by atoms with Crippen molar-refractivity contribution < 1.29 is 4.74 Å². The SMILES string of the molecule is C=C(Cl)CSc1nnc2n(CCCOC)c(=O)c3ccccc3n12. The second kappa shape index (κ2) is 7.38. The van der Waals surface area contributed by atoms with E-state index >= 15 is 0 Å². The fourth-order valence-electron chi connectivity index (χ4n) is 2.54. The van der Waals surface area contributed by atoms with E-state index in [-0.39, 0.29) is 5.56 Å². The van der Waals surface area contributed by atoms with Crippen LogP contribution in [0.25, 0.3) is 16.7 Å². The van der Waals surface area contributed by atoms with Crippen molar-refractivity contribution in [1.29, 1.82) is 0 Å². The first-order valence-electron chi connectivity index (χ1n) is 7.45. The molecule has 0 saturated heterocycles. The van der Waals surface area contributed by atoms with Crippen LogP contribution in [-0.4, -0.2) is 38.6 Å². The topological polar surface area (TPSA) is 61.4 Å². The number of halogens is 1. The minimum Gasteiger partial charge on any atom is -0.385 e. The van der Waals surface area contributed by atoms with Gasteiger partial charge in [-0.3, -0.25) is 13.8 Å². The molecule has 0 fully saturated rings. The molecule has 0 aliphatic rings. The number of benzene rings is 1. The van der Waals surface area contributed by atoms with Crippen LogP contribution in [0.2, 0.25) is 0 Å². The van der Waals surface area contributed by atoms with Gasteiger partial charge < -0.3 is 4.74 Å². The van der Waals surface area contributed by atoms with Gasteiger partial charge in [0.2, 0.25) is 5.78 Å². The number of ether oxygens (including phenoxy) is 1. The highest BCUT2D eigenvalue weighted by atomic mass is 35.5. The van der Waals surface area contributed by atoms with Crippen molar-refractivity contribution in [1.82, 2.24) is 19.2 Å². The summed E-state index contributed by atoms with van der Waals surface area (Å²) in [5, 5.41) is 10.3. The van der Waals surface area contributed by atoms with E-state index in [0.29, 0.717) is 40.3 Å².